The Morgan fingerprint density at radius 2 is 1.90 bits per heavy atom. The highest BCUT2D eigenvalue weighted by Crippen LogP contribution is 2.30. The third kappa shape index (κ3) is 2.93. The minimum Gasteiger partial charge on any atom is -0.361 e. The zero-order valence-corrected chi connectivity index (χ0v) is 13.0. The van der Waals surface area contributed by atoms with Crippen LogP contribution < -0.4 is 5.73 Å². The standard InChI is InChI=1S/C17H16Cl2N2/c18-13-6-5-11(16(19)8-13)7-12(9-20)15-10-21-17-4-2-1-3-14(15)17/h1-6,8,10,12,21H,7,9,20H2. The fraction of sp³-hybridized carbons (Fsp3) is 0.176. The highest BCUT2D eigenvalue weighted by molar-refractivity contribution is 6.35. The zero-order chi connectivity index (χ0) is 14.8. The van der Waals surface area contributed by atoms with Crippen molar-refractivity contribution in [3.8, 4) is 0 Å². The van der Waals surface area contributed by atoms with Gasteiger partial charge in [0, 0.05) is 33.1 Å². The van der Waals surface area contributed by atoms with E-state index in [-0.39, 0.29) is 5.92 Å². The fourth-order valence-corrected chi connectivity index (χ4v) is 3.19. The number of fused-ring (bicyclic) bond motifs is 1. The Kier molecular flexibility index (Phi) is 4.20. The Balaban J connectivity index is 1.95. The molecule has 1 atom stereocenters. The fourth-order valence-electron chi connectivity index (χ4n) is 2.70. The highest BCUT2D eigenvalue weighted by Gasteiger charge is 2.16. The number of nitrogens with one attached hydrogen (secondary N) is 1. The Hall–Kier alpha value is -1.48. The van der Waals surface area contributed by atoms with Gasteiger partial charge in [0.05, 0.1) is 0 Å². The van der Waals surface area contributed by atoms with Crippen molar-refractivity contribution in [2.75, 3.05) is 6.54 Å². The van der Waals surface area contributed by atoms with Crippen LogP contribution in [0.1, 0.15) is 17.0 Å². The molecule has 0 aliphatic heterocycles. The summed E-state index contributed by atoms with van der Waals surface area (Å²) < 4.78 is 0. The summed E-state index contributed by atoms with van der Waals surface area (Å²) in [4.78, 5) is 3.30. The van der Waals surface area contributed by atoms with E-state index in [1.165, 1.54) is 10.9 Å². The lowest BCUT2D eigenvalue weighted by Crippen LogP contribution is -2.15. The molecule has 0 saturated carbocycles. The smallest absolute Gasteiger partial charge is 0.0456 e. The van der Waals surface area contributed by atoms with Gasteiger partial charge < -0.3 is 10.7 Å². The Morgan fingerprint density at radius 1 is 1.10 bits per heavy atom. The van der Waals surface area contributed by atoms with Gasteiger partial charge in [0.1, 0.15) is 0 Å². The van der Waals surface area contributed by atoms with Crippen molar-refractivity contribution < 1.29 is 0 Å². The van der Waals surface area contributed by atoms with Crippen LogP contribution in [0.4, 0.5) is 0 Å². The molecule has 0 amide bonds. The molecule has 0 aliphatic carbocycles. The third-order valence-electron chi connectivity index (χ3n) is 3.83. The van der Waals surface area contributed by atoms with Crippen LogP contribution >= 0.6 is 23.2 Å². The van der Waals surface area contributed by atoms with Gasteiger partial charge in [-0.15, -0.1) is 0 Å². The molecule has 4 heteroatoms. The molecule has 3 aromatic rings. The summed E-state index contributed by atoms with van der Waals surface area (Å²) in [6.07, 6.45) is 2.85. The van der Waals surface area contributed by atoms with Crippen LogP contribution in [0.25, 0.3) is 10.9 Å². The molecule has 1 unspecified atom stereocenters. The van der Waals surface area contributed by atoms with E-state index in [4.69, 9.17) is 28.9 Å². The molecule has 0 fully saturated rings. The van der Waals surface area contributed by atoms with Gasteiger partial charge in [-0.2, -0.15) is 0 Å². The number of rotatable bonds is 4. The van der Waals surface area contributed by atoms with Crippen molar-refractivity contribution in [3.63, 3.8) is 0 Å². The van der Waals surface area contributed by atoms with Crippen molar-refractivity contribution in [1.82, 2.24) is 4.98 Å². The number of nitrogens with two attached hydrogens (primary N) is 1. The van der Waals surface area contributed by atoms with Gasteiger partial charge >= 0.3 is 0 Å². The molecule has 0 radical (unpaired) electrons. The first-order chi connectivity index (χ1) is 10.2. The average Bonchev–Trinajstić information content (AvgIpc) is 2.91. The molecular formula is C17H16Cl2N2. The van der Waals surface area contributed by atoms with E-state index in [9.17, 15) is 0 Å². The van der Waals surface area contributed by atoms with Crippen LogP contribution in [0.2, 0.25) is 10.0 Å². The largest absolute Gasteiger partial charge is 0.361 e. The van der Waals surface area contributed by atoms with Crippen LogP contribution in [0, 0.1) is 0 Å². The molecule has 3 N–H and O–H groups in total. The number of aromatic amines is 1. The summed E-state index contributed by atoms with van der Waals surface area (Å²) >= 11 is 12.2. The first-order valence-electron chi connectivity index (χ1n) is 6.89. The van der Waals surface area contributed by atoms with Crippen LogP contribution in [-0.4, -0.2) is 11.5 Å². The molecule has 0 saturated heterocycles. The number of hydrogen-bond donors (Lipinski definition) is 2. The predicted molar refractivity (Wildman–Crippen MR) is 90.3 cm³/mol. The molecular weight excluding hydrogens is 303 g/mol. The predicted octanol–water partition coefficient (Wildman–Crippen LogP) is 4.76. The van der Waals surface area contributed by atoms with Crippen LogP contribution in [0.15, 0.2) is 48.7 Å². The molecule has 0 spiro atoms. The number of aromatic nitrogens is 1. The Labute approximate surface area is 133 Å². The van der Waals surface area contributed by atoms with Crippen molar-refractivity contribution in [2.45, 2.75) is 12.3 Å². The molecule has 3 rings (SSSR count). The number of benzene rings is 2. The van der Waals surface area contributed by atoms with E-state index in [2.05, 4.69) is 17.1 Å². The SMILES string of the molecule is NCC(Cc1ccc(Cl)cc1Cl)c1c[nH]c2ccccc12. The van der Waals surface area contributed by atoms with Crippen molar-refractivity contribution in [1.29, 1.82) is 0 Å². The van der Waals surface area contributed by atoms with E-state index in [1.54, 1.807) is 6.07 Å². The summed E-state index contributed by atoms with van der Waals surface area (Å²) in [5.41, 5.74) is 9.44. The van der Waals surface area contributed by atoms with E-state index in [0.717, 1.165) is 17.5 Å². The summed E-state index contributed by atoms with van der Waals surface area (Å²) in [6, 6.07) is 13.9. The molecule has 108 valence electrons. The van der Waals surface area contributed by atoms with Gasteiger partial charge in [-0.05, 0) is 42.3 Å². The highest BCUT2D eigenvalue weighted by atomic mass is 35.5. The van der Waals surface area contributed by atoms with Gasteiger partial charge in [-0.3, -0.25) is 0 Å². The molecule has 0 bridgehead atoms. The Bertz CT molecular complexity index is 764. The number of para-hydroxylation sites is 1. The number of halogens is 2. The number of H-pyrrole nitrogens is 1. The van der Waals surface area contributed by atoms with Crippen molar-refractivity contribution in [2.24, 2.45) is 5.73 Å². The summed E-state index contributed by atoms with van der Waals surface area (Å²) in [5.74, 6) is 0.222. The second kappa shape index (κ2) is 6.10. The second-order valence-electron chi connectivity index (χ2n) is 5.16. The first kappa shape index (κ1) is 14.5. The van der Waals surface area contributed by atoms with Gasteiger partial charge in [0.15, 0.2) is 0 Å². The summed E-state index contributed by atoms with van der Waals surface area (Å²) in [7, 11) is 0. The summed E-state index contributed by atoms with van der Waals surface area (Å²) in [5, 5.41) is 2.57. The van der Waals surface area contributed by atoms with Crippen molar-refractivity contribution in [3.05, 3.63) is 69.8 Å². The molecule has 21 heavy (non-hydrogen) atoms. The quantitative estimate of drug-likeness (QED) is 0.715. The van der Waals surface area contributed by atoms with Crippen LogP contribution in [-0.2, 0) is 6.42 Å². The second-order valence-corrected chi connectivity index (χ2v) is 6.01. The normalized spacial score (nSPS) is 12.7. The maximum absolute atomic E-state index is 6.28. The van der Waals surface area contributed by atoms with E-state index in [1.807, 2.05) is 30.5 Å². The lowest BCUT2D eigenvalue weighted by molar-refractivity contribution is 0.699. The maximum atomic E-state index is 6.28. The summed E-state index contributed by atoms with van der Waals surface area (Å²) in [6.45, 7) is 0.570. The number of hydrogen-bond acceptors (Lipinski definition) is 1. The molecule has 2 nitrogen and oxygen atoms in total. The molecule has 1 heterocycles. The zero-order valence-electron chi connectivity index (χ0n) is 11.4. The molecule has 1 aromatic heterocycles. The van der Waals surface area contributed by atoms with Crippen molar-refractivity contribution >= 4 is 34.1 Å². The van der Waals surface area contributed by atoms with E-state index >= 15 is 0 Å². The van der Waals surface area contributed by atoms with E-state index in [0.29, 0.717) is 16.6 Å². The van der Waals surface area contributed by atoms with Crippen LogP contribution in [0.3, 0.4) is 0 Å². The van der Waals surface area contributed by atoms with Gasteiger partial charge in [-0.25, -0.2) is 0 Å². The maximum Gasteiger partial charge on any atom is 0.0456 e. The topological polar surface area (TPSA) is 41.8 Å². The van der Waals surface area contributed by atoms with Gasteiger partial charge in [0.25, 0.3) is 0 Å². The Morgan fingerprint density at radius 3 is 2.67 bits per heavy atom. The minimum absolute atomic E-state index is 0.222. The first-order valence-corrected chi connectivity index (χ1v) is 7.64. The lowest BCUT2D eigenvalue weighted by Gasteiger charge is -2.15. The van der Waals surface area contributed by atoms with Gasteiger partial charge in [0.2, 0.25) is 0 Å². The monoisotopic (exact) mass is 318 g/mol. The average molecular weight is 319 g/mol. The molecule has 0 aliphatic rings. The molecule has 2 aromatic carbocycles. The minimum atomic E-state index is 0.222. The van der Waals surface area contributed by atoms with E-state index < -0.39 is 0 Å². The lowest BCUT2D eigenvalue weighted by atomic mass is 9.92. The van der Waals surface area contributed by atoms with Gasteiger partial charge in [-0.1, -0.05) is 47.5 Å². The third-order valence-corrected chi connectivity index (χ3v) is 4.41. The van der Waals surface area contributed by atoms with Crippen LogP contribution in [0.5, 0.6) is 0 Å².